The molecule has 1 aliphatic heterocycles. The third-order valence-electron chi connectivity index (χ3n) is 6.15. The summed E-state index contributed by atoms with van der Waals surface area (Å²) in [6.45, 7) is 8.56. The van der Waals surface area contributed by atoms with E-state index in [1.54, 1.807) is 0 Å². The van der Waals surface area contributed by atoms with Crippen molar-refractivity contribution in [1.82, 2.24) is 0 Å². The van der Waals surface area contributed by atoms with Crippen LogP contribution in [0.1, 0.15) is 76.8 Å². The molecule has 1 fully saturated rings. The maximum atomic E-state index is 10.7. The minimum Gasteiger partial charge on any atom is -0.508 e. The van der Waals surface area contributed by atoms with Gasteiger partial charge in [-0.15, -0.1) is 0 Å². The van der Waals surface area contributed by atoms with Crippen molar-refractivity contribution in [3.8, 4) is 11.5 Å². The quantitative estimate of drug-likeness (QED) is 0.780. The lowest BCUT2D eigenvalue weighted by molar-refractivity contribution is -0.0566. The summed E-state index contributed by atoms with van der Waals surface area (Å²) in [5, 5.41) is 21.0. The summed E-state index contributed by atoms with van der Waals surface area (Å²) in [5.74, 6) is 2.01. The second-order valence-electron chi connectivity index (χ2n) is 8.42. The van der Waals surface area contributed by atoms with Crippen molar-refractivity contribution in [1.29, 1.82) is 0 Å². The predicted molar refractivity (Wildman–Crippen MR) is 96.7 cm³/mol. The lowest BCUT2D eigenvalue weighted by atomic mass is 9.63. The third-order valence-corrected chi connectivity index (χ3v) is 6.15. The number of unbranched alkanes of at least 4 members (excludes halogenated alkanes) is 2. The predicted octanol–water partition coefficient (Wildman–Crippen LogP) is 4.79. The van der Waals surface area contributed by atoms with Crippen LogP contribution in [0.5, 0.6) is 11.5 Å². The van der Waals surface area contributed by atoms with E-state index in [0.29, 0.717) is 5.75 Å². The highest BCUT2D eigenvalue weighted by molar-refractivity contribution is 5.52. The zero-order valence-electron chi connectivity index (χ0n) is 15.5. The fraction of sp³-hybridized carbons (Fsp3) is 0.714. The van der Waals surface area contributed by atoms with E-state index in [9.17, 15) is 10.2 Å². The number of fused-ring (bicyclic) bond motifs is 3. The third kappa shape index (κ3) is 3.15. The molecule has 0 bridgehead atoms. The van der Waals surface area contributed by atoms with Crippen LogP contribution in [0.15, 0.2) is 12.1 Å². The van der Waals surface area contributed by atoms with E-state index in [2.05, 4.69) is 33.8 Å². The van der Waals surface area contributed by atoms with Crippen molar-refractivity contribution >= 4 is 0 Å². The van der Waals surface area contributed by atoms with Gasteiger partial charge < -0.3 is 14.9 Å². The fourth-order valence-electron chi connectivity index (χ4n) is 4.67. The van der Waals surface area contributed by atoms with Gasteiger partial charge in [-0.05, 0) is 69.1 Å². The van der Waals surface area contributed by atoms with Crippen molar-refractivity contribution in [2.75, 3.05) is 0 Å². The van der Waals surface area contributed by atoms with Crippen molar-refractivity contribution in [2.45, 2.75) is 83.8 Å². The van der Waals surface area contributed by atoms with Crippen LogP contribution in [0.3, 0.4) is 0 Å². The minimum absolute atomic E-state index is 0.244. The molecule has 3 heteroatoms. The maximum absolute atomic E-state index is 10.7. The smallest absolute Gasteiger partial charge is 0.127 e. The van der Waals surface area contributed by atoms with Crippen LogP contribution in [0.25, 0.3) is 0 Å². The van der Waals surface area contributed by atoms with Gasteiger partial charge in [0.25, 0.3) is 0 Å². The molecule has 1 aliphatic carbocycles. The van der Waals surface area contributed by atoms with Gasteiger partial charge in [-0.3, -0.25) is 0 Å². The van der Waals surface area contributed by atoms with Crippen LogP contribution in [-0.4, -0.2) is 21.9 Å². The largest absolute Gasteiger partial charge is 0.508 e. The molecule has 2 N–H and O–H groups in total. The number of phenols is 1. The molecule has 24 heavy (non-hydrogen) atoms. The van der Waals surface area contributed by atoms with Gasteiger partial charge in [0, 0.05) is 11.5 Å². The van der Waals surface area contributed by atoms with Gasteiger partial charge in [0.1, 0.15) is 17.1 Å². The summed E-state index contributed by atoms with van der Waals surface area (Å²) in [5.41, 5.74) is 1.82. The van der Waals surface area contributed by atoms with Crippen LogP contribution in [0, 0.1) is 11.8 Å². The standard InChI is InChI=1S/C21H32O3/c1-5-6-7-8-14-10-18(23)20-15-9-13(2)17(22)12-16(15)21(3,4)24-19(20)11-14/h10-11,13,15-17,22-23H,5-9,12H2,1-4H3/t13-,15?,16-,17?/m1/s1. The van der Waals surface area contributed by atoms with E-state index < -0.39 is 0 Å². The van der Waals surface area contributed by atoms with Crippen LogP contribution in [-0.2, 0) is 6.42 Å². The Morgan fingerprint density at radius 1 is 1.21 bits per heavy atom. The van der Waals surface area contributed by atoms with E-state index in [0.717, 1.165) is 42.6 Å². The highest BCUT2D eigenvalue weighted by atomic mass is 16.5. The molecule has 0 saturated heterocycles. The molecule has 2 unspecified atom stereocenters. The summed E-state index contributed by atoms with van der Waals surface area (Å²) in [4.78, 5) is 0. The Morgan fingerprint density at radius 2 is 1.96 bits per heavy atom. The number of aliphatic hydroxyl groups excluding tert-OH is 1. The number of ether oxygens (including phenoxy) is 1. The summed E-state index contributed by atoms with van der Waals surface area (Å²) in [6.07, 6.45) is 5.93. The average molecular weight is 332 g/mol. The Kier molecular flexibility index (Phi) is 4.83. The normalized spacial score (nSPS) is 31.0. The molecule has 3 rings (SSSR count). The Labute approximate surface area is 146 Å². The lowest BCUT2D eigenvalue weighted by Crippen LogP contribution is -2.49. The molecule has 4 atom stereocenters. The monoisotopic (exact) mass is 332 g/mol. The van der Waals surface area contributed by atoms with Gasteiger partial charge in [0.2, 0.25) is 0 Å². The van der Waals surface area contributed by atoms with Crippen LogP contribution < -0.4 is 4.74 Å². The molecule has 1 heterocycles. The number of phenolic OH excluding ortho intramolecular Hbond substituents is 1. The summed E-state index contributed by atoms with van der Waals surface area (Å²) >= 11 is 0. The number of benzene rings is 1. The molecule has 1 aromatic rings. The lowest BCUT2D eigenvalue weighted by Gasteiger charge is -2.50. The van der Waals surface area contributed by atoms with Gasteiger partial charge in [-0.25, -0.2) is 0 Å². The van der Waals surface area contributed by atoms with Gasteiger partial charge in [0.05, 0.1) is 6.10 Å². The number of aliphatic hydroxyl groups is 1. The number of hydrogen-bond donors (Lipinski definition) is 2. The molecular weight excluding hydrogens is 300 g/mol. The molecule has 1 saturated carbocycles. The molecule has 2 aliphatic rings. The first kappa shape index (κ1) is 17.6. The second-order valence-corrected chi connectivity index (χ2v) is 8.42. The minimum atomic E-state index is -0.312. The van der Waals surface area contributed by atoms with Gasteiger partial charge in [0.15, 0.2) is 0 Å². The fourth-order valence-corrected chi connectivity index (χ4v) is 4.67. The molecule has 134 valence electrons. The summed E-state index contributed by atoms with van der Waals surface area (Å²) in [6, 6.07) is 4.07. The van der Waals surface area contributed by atoms with Crippen LogP contribution >= 0.6 is 0 Å². The number of hydrogen-bond acceptors (Lipinski definition) is 3. The SMILES string of the molecule is CCCCCc1cc(O)c2c(c1)OC(C)(C)[C@@H]1CC(O)[C@H](C)CC21. The second kappa shape index (κ2) is 6.59. The van der Waals surface area contributed by atoms with Gasteiger partial charge >= 0.3 is 0 Å². The number of rotatable bonds is 4. The molecule has 0 aromatic heterocycles. The Hall–Kier alpha value is -1.22. The molecule has 3 nitrogen and oxygen atoms in total. The van der Waals surface area contributed by atoms with E-state index in [1.165, 1.54) is 12.8 Å². The van der Waals surface area contributed by atoms with Crippen LogP contribution in [0.4, 0.5) is 0 Å². The Bertz CT molecular complexity index is 593. The molecule has 0 spiro atoms. The average Bonchev–Trinajstić information content (AvgIpc) is 2.49. The van der Waals surface area contributed by atoms with Gasteiger partial charge in [-0.1, -0.05) is 26.7 Å². The molecular formula is C21H32O3. The topological polar surface area (TPSA) is 49.7 Å². The first-order valence-corrected chi connectivity index (χ1v) is 9.56. The summed E-state index contributed by atoms with van der Waals surface area (Å²) < 4.78 is 6.33. The first-order valence-electron chi connectivity index (χ1n) is 9.56. The zero-order chi connectivity index (χ0) is 17.5. The molecule has 0 radical (unpaired) electrons. The van der Waals surface area contributed by atoms with E-state index in [1.807, 2.05) is 6.07 Å². The molecule has 0 amide bonds. The van der Waals surface area contributed by atoms with Crippen molar-refractivity contribution < 1.29 is 14.9 Å². The summed E-state index contributed by atoms with van der Waals surface area (Å²) in [7, 11) is 0. The highest BCUT2D eigenvalue weighted by Crippen LogP contribution is 2.55. The number of aromatic hydroxyl groups is 1. The van der Waals surface area contributed by atoms with E-state index in [-0.39, 0.29) is 29.5 Å². The van der Waals surface area contributed by atoms with Crippen LogP contribution in [0.2, 0.25) is 0 Å². The Morgan fingerprint density at radius 3 is 2.67 bits per heavy atom. The Balaban J connectivity index is 1.95. The van der Waals surface area contributed by atoms with Crippen molar-refractivity contribution in [2.24, 2.45) is 11.8 Å². The van der Waals surface area contributed by atoms with E-state index in [4.69, 9.17) is 4.74 Å². The first-order chi connectivity index (χ1) is 11.3. The van der Waals surface area contributed by atoms with Crippen molar-refractivity contribution in [3.63, 3.8) is 0 Å². The van der Waals surface area contributed by atoms with Crippen molar-refractivity contribution in [3.05, 3.63) is 23.3 Å². The maximum Gasteiger partial charge on any atom is 0.127 e. The molecule has 1 aromatic carbocycles. The van der Waals surface area contributed by atoms with Gasteiger partial charge in [-0.2, -0.15) is 0 Å². The van der Waals surface area contributed by atoms with E-state index >= 15 is 0 Å². The zero-order valence-corrected chi connectivity index (χ0v) is 15.5. The highest BCUT2D eigenvalue weighted by Gasteiger charge is 2.49. The number of aryl methyl sites for hydroxylation is 1.